The molecule has 0 aromatic heterocycles. The van der Waals surface area contributed by atoms with Crippen LogP contribution in [0.1, 0.15) is 20.8 Å². The number of ether oxygens (including phenoxy) is 1. The molecule has 136 valence electrons. The molecule has 1 aliphatic heterocycles. The highest BCUT2D eigenvalue weighted by Gasteiger charge is 2.28. The van der Waals surface area contributed by atoms with Crippen LogP contribution in [0.5, 0.6) is 5.75 Å². The Kier molecular flexibility index (Phi) is 6.45. The van der Waals surface area contributed by atoms with E-state index in [4.69, 9.17) is 8.47 Å². The molecule has 1 heterocycles. The monoisotopic (exact) mass is 385 g/mol. The van der Waals surface area contributed by atoms with E-state index in [-0.39, 0.29) is 0 Å². The number of hydrogen-bond acceptors (Lipinski definition) is 6. The van der Waals surface area contributed by atoms with Crippen molar-refractivity contribution in [3.05, 3.63) is 58.7 Å². The molecule has 0 radical (unpaired) electrons. The van der Waals surface area contributed by atoms with Crippen LogP contribution < -0.4 is 24.0 Å². The van der Waals surface area contributed by atoms with Crippen molar-refractivity contribution in [2.24, 2.45) is 0 Å². The lowest BCUT2D eigenvalue weighted by atomic mass is 10.1. The van der Waals surface area contributed by atoms with Crippen LogP contribution in [0, 0.1) is 10.2 Å². The molecule has 1 aliphatic rings. The molecule has 1 unspecified atom stereocenters. The fourth-order valence-corrected chi connectivity index (χ4v) is 4.58. The van der Waals surface area contributed by atoms with Crippen molar-refractivity contribution in [2.75, 3.05) is 12.4 Å². The lowest BCUT2D eigenvalue weighted by Gasteiger charge is -2.19. The summed E-state index contributed by atoms with van der Waals surface area (Å²) in [5.74, 6) is 0.752. The Morgan fingerprint density at radius 1 is 1.12 bits per heavy atom. The summed E-state index contributed by atoms with van der Waals surface area (Å²) >= 11 is 0. The Balaban J connectivity index is 2.29. The molecule has 1 aromatic rings. The summed E-state index contributed by atoms with van der Waals surface area (Å²) < 4.78 is 43.0. The first kappa shape index (κ1) is 19.7. The van der Waals surface area contributed by atoms with Gasteiger partial charge in [-0.1, -0.05) is 6.08 Å². The maximum Gasteiger partial charge on any atom is 0.143 e. The smallest absolute Gasteiger partial charge is 0.143 e. The number of anilines is 1. The predicted octanol–water partition coefficient (Wildman–Crippen LogP) is 1.14. The molecule has 8 heteroatoms. The average Bonchev–Trinajstić information content (AvgIpc) is 2.56. The topological polar surface area (TPSA) is 99.7 Å². The number of nitrogens with one attached hydrogen (secondary N) is 1. The molecule has 6 nitrogen and oxygen atoms in total. The average molecular weight is 386 g/mol. The summed E-state index contributed by atoms with van der Waals surface area (Å²) in [6, 6.07) is 7.37. The number of halogens is 1. The summed E-state index contributed by atoms with van der Waals surface area (Å²) in [6.45, 7) is 5.42. The van der Waals surface area contributed by atoms with Gasteiger partial charge in [-0.05, 0) is 62.3 Å². The van der Waals surface area contributed by atoms with Crippen LogP contribution in [-0.4, -0.2) is 12.0 Å². The number of hydrogen-bond donors (Lipinski definition) is 1. The zero-order valence-corrected chi connectivity index (χ0v) is 15.9. The van der Waals surface area contributed by atoms with E-state index in [1.54, 1.807) is 26.3 Å². The molecule has 0 bridgehead atoms. The second-order valence-electron chi connectivity index (χ2n) is 5.35. The van der Waals surface area contributed by atoms with Crippen molar-refractivity contribution in [3.63, 3.8) is 0 Å². The Morgan fingerprint density at radius 2 is 1.76 bits per heavy atom. The number of methoxy groups -OCH3 is 1. The Labute approximate surface area is 151 Å². The maximum atomic E-state index is 11.1. The summed E-state index contributed by atoms with van der Waals surface area (Å²) in [4.78, 5) is 1.35. The lowest BCUT2D eigenvalue weighted by molar-refractivity contribution is -1.91. The molecule has 1 aromatic carbocycles. The van der Waals surface area contributed by atoms with E-state index in [0.29, 0.717) is 9.77 Å². The molecule has 0 spiro atoms. The normalized spacial score (nSPS) is 18.6. The van der Waals surface area contributed by atoms with Gasteiger partial charge in [0, 0.05) is 21.7 Å². The van der Waals surface area contributed by atoms with Crippen LogP contribution >= 0.6 is 10.8 Å². The highest BCUT2D eigenvalue weighted by Crippen LogP contribution is 2.37. The number of benzene rings is 1. The summed E-state index contributed by atoms with van der Waals surface area (Å²) in [5, 5.41) is 3.13. The van der Waals surface area contributed by atoms with Crippen LogP contribution in [0.4, 0.5) is 5.69 Å². The third-order valence-corrected chi connectivity index (χ3v) is 6.45. The first-order chi connectivity index (χ1) is 11.7. The molecule has 1 N–H and O–H groups in total. The summed E-state index contributed by atoms with van der Waals surface area (Å²) in [7, 11) is -4.17. The van der Waals surface area contributed by atoms with Gasteiger partial charge < -0.3 is 10.1 Å². The quantitative estimate of drug-likeness (QED) is 0.582. The van der Waals surface area contributed by atoms with E-state index in [1.807, 2.05) is 44.2 Å². The molecular formula is C17H20ClNO5S. The van der Waals surface area contributed by atoms with Gasteiger partial charge >= 0.3 is 0 Å². The molecule has 0 amide bonds. The van der Waals surface area contributed by atoms with E-state index < -0.39 is 21.0 Å². The molecule has 0 aliphatic carbocycles. The van der Waals surface area contributed by atoms with Crippen LogP contribution in [0.2, 0.25) is 0 Å². The Morgan fingerprint density at radius 3 is 2.32 bits per heavy atom. The third-order valence-electron chi connectivity index (χ3n) is 3.59. The molecular weight excluding hydrogens is 366 g/mol. The molecule has 0 saturated carbocycles. The number of rotatable bonds is 6. The minimum absolute atomic E-state index is 0.635. The minimum atomic E-state index is -4.52. The van der Waals surface area contributed by atoms with Crippen LogP contribution in [-0.2, 0) is 3.74 Å². The van der Waals surface area contributed by atoms with Gasteiger partial charge in [0.1, 0.15) is 20.3 Å². The van der Waals surface area contributed by atoms with Crippen molar-refractivity contribution >= 4 is 21.3 Å². The summed E-state index contributed by atoms with van der Waals surface area (Å²) in [6.07, 6.45) is 5.39. The largest absolute Gasteiger partial charge is 0.497 e. The van der Waals surface area contributed by atoms with Crippen molar-refractivity contribution in [1.29, 1.82) is 0 Å². The van der Waals surface area contributed by atoms with Gasteiger partial charge in [-0.2, -0.15) is 14.0 Å². The first-order valence-electron chi connectivity index (χ1n) is 7.36. The van der Waals surface area contributed by atoms with Crippen molar-refractivity contribution < 1.29 is 32.7 Å². The third kappa shape index (κ3) is 5.43. The second-order valence-corrected chi connectivity index (χ2v) is 8.20. The molecule has 0 fully saturated rings. The maximum absolute atomic E-state index is 11.1. The zero-order chi connectivity index (χ0) is 18.6. The van der Waals surface area contributed by atoms with E-state index in [2.05, 4.69) is 5.32 Å². The fourth-order valence-electron chi connectivity index (χ4n) is 2.08. The van der Waals surface area contributed by atoms with Crippen LogP contribution in [0.25, 0.3) is 0 Å². The summed E-state index contributed by atoms with van der Waals surface area (Å²) in [5.41, 5.74) is 2.49. The van der Waals surface area contributed by atoms with Crippen LogP contribution in [0.15, 0.2) is 58.7 Å². The predicted molar refractivity (Wildman–Crippen MR) is 91.6 cm³/mol. The van der Waals surface area contributed by atoms with Crippen LogP contribution in [0.3, 0.4) is 0 Å². The van der Waals surface area contributed by atoms with E-state index in [0.717, 1.165) is 22.6 Å². The van der Waals surface area contributed by atoms with Gasteiger partial charge in [-0.25, -0.2) is 0 Å². The molecule has 2 rings (SSSR count). The van der Waals surface area contributed by atoms with Gasteiger partial charge in [0.25, 0.3) is 0 Å². The van der Waals surface area contributed by atoms with Gasteiger partial charge in [0.05, 0.1) is 17.4 Å². The molecule has 0 saturated heterocycles. The number of allylic oxidation sites excluding steroid dienone is 5. The first-order valence-corrected chi connectivity index (χ1v) is 9.75. The Bertz CT molecular complexity index is 760. The van der Waals surface area contributed by atoms with Crippen molar-refractivity contribution in [3.8, 4) is 5.75 Å². The lowest BCUT2D eigenvalue weighted by Crippen LogP contribution is -2.60. The molecule has 1 atom stereocenters. The fraction of sp³-hybridized carbons (Fsp3) is 0.235. The minimum Gasteiger partial charge on any atom is -0.497 e. The highest BCUT2D eigenvalue weighted by molar-refractivity contribution is 8.15. The van der Waals surface area contributed by atoms with E-state index in [9.17, 15) is 14.0 Å². The van der Waals surface area contributed by atoms with Gasteiger partial charge in [-0.3, -0.25) is 0 Å². The highest BCUT2D eigenvalue weighted by atomic mass is 35.7. The van der Waals surface area contributed by atoms with Gasteiger partial charge in [0.2, 0.25) is 0 Å². The standard InChI is InChI=1S/C17H20ClNO5S/c1-12-5-10-17(25(14(12)3)24-18(20,21)22)13(2)11-19-15-6-8-16(23-4)9-7-15/h5-11,19H,1-4H3/b13-11+. The SMILES string of the molecule is COc1ccc(N/C=C(\C)C2=S(O[Cl+3]([O-])([O-])[O-])C(C)=C(C)C=C2)cc1. The van der Waals surface area contributed by atoms with Crippen molar-refractivity contribution in [1.82, 2.24) is 0 Å². The van der Waals surface area contributed by atoms with Gasteiger partial charge in [0.15, 0.2) is 0 Å². The second kappa shape index (κ2) is 8.18. The molecule has 25 heavy (non-hydrogen) atoms. The van der Waals surface area contributed by atoms with E-state index >= 15 is 0 Å². The van der Waals surface area contributed by atoms with Crippen molar-refractivity contribution in [2.45, 2.75) is 20.8 Å². The Hall–Kier alpha value is -1.61. The van der Waals surface area contributed by atoms with E-state index in [1.165, 1.54) is 0 Å². The zero-order valence-electron chi connectivity index (χ0n) is 14.4. The van der Waals surface area contributed by atoms with Gasteiger partial charge in [-0.15, -0.1) is 0 Å².